The number of pyridine rings is 1. The van der Waals surface area contributed by atoms with Crippen LogP contribution in [0.4, 0.5) is 19.3 Å². The molecule has 2 amide bonds. The molecule has 0 bridgehead atoms. The molecule has 0 radical (unpaired) electrons. The van der Waals surface area contributed by atoms with Gasteiger partial charge in [-0.05, 0) is 35.9 Å². The highest BCUT2D eigenvalue weighted by molar-refractivity contribution is 5.89. The van der Waals surface area contributed by atoms with Crippen LogP contribution in [0, 0.1) is 11.6 Å². The van der Waals surface area contributed by atoms with Gasteiger partial charge in [0.15, 0.2) is 11.6 Å². The van der Waals surface area contributed by atoms with E-state index in [4.69, 9.17) is 4.74 Å². The summed E-state index contributed by atoms with van der Waals surface area (Å²) in [5, 5.41) is 2.86. The first-order valence-electron chi connectivity index (χ1n) is 10.4. The van der Waals surface area contributed by atoms with Crippen LogP contribution in [0.25, 0.3) is 0 Å². The average Bonchev–Trinajstić information content (AvgIpc) is 2.81. The summed E-state index contributed by atoms with van der Waals surface area (Å²) in [5.74, 6) is -1.16. The quantitative estimate of drug-likeness (QED) is 0.624. The molecule has 1 fully saturated rings. The molecule has 3 aromatic rings. The summed E-state index contributed by atoms with van der Waals surface area (Å²) in [6, 6.07) is 15.1. The van der Waals surface area contributed by atoms with E-state index in [0.29, 0.717) is 31.1 Å². The van der Waals surface area contributed by atoms with Crippen molar-refractivity contribution in [3.05, 3.63) is 89.8 Å². The van der Waals surface area contributed by atoms with Crippen LogP contribution in [-0.2, 0) is 13.2 Å². The third-order valence-corrected chi connectivity index (χ3v) is 5.30. The molecule has 2 aromatic carbocycles. The Morgan fingerprint density at radius 2 is 1.84 bits per heavy atom. The first-order chi connectivity index (χ1) is 15.6. The minimum absolute atomic E-state index is 0.0439. The van der Waals surface area contributed by atoms with Crippen LogP contribution in [0.2, 0.25) is 0 Å². The van der Waals surface area contributed by atoms with Gasteiger partial charge in [-0.1, -0.05) is 24.3 Å². The second-order valence-corrected chi connectivity index (χ2v) is 7.58. The number of carbonyl (C=O) groups excluding carboxylic acids is 1. The van der Waals surface area contributed by atoms with E-state index >= 15 is 0 Å². The zero-order chi connectivity index (χ0) is 22.3. The second-order valence-electron chi connectivity index (χ2n) is 7.58. The molecular formula is C24H24F2N4O2. The summed E-state index contributed by atoms with van der Waals surface area (Å²) in [6.07, 6.45) is 3.28. The average molecular weight is 438 g/mol. The van der Waals surface area contributed by atoms with E-state index in [9.17, 15) is 13.6 Å². The Morgan fingerprint density at radius 3 is 2.62 bits per heavy atom. The van der Waals surface area contributed by atoms with Gasteiger partial charge in [0, 0.05) is 44.5 Å². The lowest BCUT2D eigenvalue weighted by molar-refractivity contribution is 0.143. The van der Waals surface area contributed by atoms with Gasteiger partial charge in [0.05, 0.1) is 11.9 Å². The van der Waals surface area contributed by atoms with Gasteiger partial charge in [0.2, 0.25) is 0 Å². The van der Waals surface area contributed by atoms with Gasteiger partial charge in [-0.3, -0.25) is 9.88 Å². The predicted molar refractivity (Wildman–Crippen MR) is 117 cm³/mol. The molecular weight excluding hydrogens is 414 g/mol. The molecule has 0 spiro atoms. The zero-order valence-electron chi connectivity index (χ0n) is 17.5. The third kappa shape index (κ3) is 5.59. The highest BCUT2D eigenvalue weighted by Gasteiger charge is 2.21. The number of hydrogen-bond donors (Lipinski definition) is 1. The largest absolute Gasteiger partial charge is 0.489 e. The molecule has 0 atom stereocenters. The first-order valence-corrected chi connectivity index (χ1v) is 10.4. The SMILES string of the molecule is O=C(Nc1cccnc1)N1CCN(Cc2cccc(OCc3cccc(F)c3F)c2)CC1. The standard InChI is InChI=1S/C24H24F2N4O2/c25-22-8-2-5-19(23(22)26)17-32-21-7-1-4-18(14-21)16-29-10-12-30(13-11-29)24(31)28-20-6-3-9-27-15-20/h1-9,14-15H,10-13,16-17H2,(H,28,31). The van der Waals surface area contributed by atoms with E-state index in [-0.39, 0.29) is 18.2 Å². The van der Waals surface area contributed by atoms with E-state index in [1.165, 1.54) is 12.1 Å². The number of aromatic nitrogens is 1. The van der Waals surface area contributed by atoms with Crippen LogP contribution in [0.5, 0.6) is 5.75 Å². The molecule has 8 heteroatoms. The van der Waals surface area contributed by atoms with Crippen molar-refractivity contribution in [3.63, 3.8) is 0 Å². The molecule has 4 rings (SSSR count). The monoisotopic (exact) mass is 438 g/mol. The van der Waals surface area contributed by atoms with Gasteiger partial charge in [-0.15, -0.1) is 0 Å². The molecule has 2 heterocycles. The Labute approximate surface area is 185 Å². The third-order valence-electron chi connectivity index (χ3n) is 5.30. The van der Waals surface area contributed by atoms with Crippen LogP contribution < -0.4 is 10.1 Å². The summed E-state index contributed by atoms with van der Waals surface area (Å²) in [4.78, 5) is 20.5. The molecule has 0 unspecified atom stereocenters. The molecule has 32 heavy (non-hydrogen) atoms. The summed E-state index contributed by atoms with van der Waals surface area (Å²) >= 11 is 0. The van der Waals surface area contributed by atoms with E-state index in [2.05, 4.69) is 15.2 Å². The summed E-state index contributed by atoms with van der Waals surface area (Å²) in [6.45, 7) is 3.42. The number of carbonyl (C=O) groups is 1. The number of amides is 2. The predicted octanol–water partition coefficient (Wildman–Crippen LogP) is 4.29. The van der Waals surface area contributed by atoms with Crippen molar-refractivity contribution in [1.82, 2.24) is 14.8 Å². The molecule has 1 aromatic heterocycles. The van der Waals surface area contributed by atoms with Crippen molar-refractivity contribution in [2.75, 3.05) is 31.5 Å². The summed E-state index contributed by atoms with van der Waals surface area (Å²) in [5.41, 5.74) is 1.90. The maximum Gasteiger partial charge on any atom is 0.321 e. The molecule has 0 saturated carbocycles. The van der Waals surface area contributed by atoms with Gasteiger partial charge < -0.3 is 15.0 Å². The first kappa shape index (κ1) is 21.7. The van der Waals surface area contributed by atoms with Crippen molar-refractivity contribution in [2.24, 2.45) is 0 Å². The summed E-state index contributed by atoms with van der Waals surface area (Å²) in [7, 11) is 0. The van der Waals surface area contributed by atoms with Crippen molar-refractivity contribution in [2.45, 2.75) is 13.2 Å². The topological polar surface area (TPSA) is 57.7 Å². The van der Waals surface area contributed by atoms with Crippen LogP contribution >= 0.6 is 0 Å². The van der Waals surface area contributed by atoms with Gasteiger partial charge in [-0.25, -0.2) is 13.6 Å². The Balaban J connectivity index is 1.27. The maximum atomic E-state index is 13.8. The van der Waals surface area contributed by atoms with Crippen LogP contribution in [0.1, 0.15) is 11.1 Å². The molecule has 166 valence electrons. The number of piperazine rings is 1. The van der Waals surface area contributed by atoms with E-state index in [0.717, 1.165) is 24.7 Å². The number of nitrogens with zero attached hydrogens (tertiary/aromatic N) is 3. The number of anilines is 1. The number of benzene rings is 2. The van der Waals surface area contributed by atoms with E-state index in [1.807, 2.05) is 18.2 Å². The molecule has 0 aliphatic carbocycles. The number of nitrogens with one attached hydrogen (secondary N) is 1. The molecule has 1 saturated heterocycles. The normalized spacial score (nSPS) is 14.2. The van der Waals surface area contributed by atoms with Gasteiger partial charge >= 0.3 is 6.03 Å². The van der Waals surface area contributed by atoms with Crippen molar-refractivity contribution in [3.8, 4) is 5.75 Å². The van der Waals surface area contributed by atoms with Crippen molar-refractivity contribution in [1.29, 1.82) is 0 Å². The molecule has 6 nitrogen and oxygen atoms in total. The Kier molecular flexibility index (Phi) is 6.91. The number of ether oxygens (including phenoxy) is 1. The minimum atomic E-state index is -0.881. The van der Waals surface area contributed by atoms with Crippen LogP contribution in [0.3, 0.4) is 0 Å². The van der Waals surface area contributed by atoms with Crippen molar-refractivity contribution < 1.29 is 18.3 Å². The van der Waals surface area contributed by atoms with Gasteiger partial charge in [-0.2, -0.15) is 0 Å². The van der Waals surface area contributed by atoms with Crippen LogP contribution in [0.15, 0.2) is 67.0 Å². The molecule has 1 aliphatic rings. The number of urea groups is 1. The molecule has 1 aliphatic heterocycles. The van der Waals surface area contributed by atoms with E-state index < -0.39 is 11.6 Å². The number of rotatable bonds is 6. The fourth-order valence-electron chi connectivity index (χ4n) is 3.56. The van der Waals surface area contributed by atoms with Crippen molar-refractivity contribution >= 4 is 11.7 Å². The lowest BCUT2D eigenvalue weighted by Crippen LogP contribution is -2.49. The Hall–Kier alpha value is -3.52. The lowest BCUT2D eigenvalue weighted by atomic mass is 10.2. The molecule has 1 N–H and O–H groups in total. The summed E-state index contributed by atoms with van der Waals surface area (Å²) < 4.78 is 32.8. The number of hydrogen-bond acceptors (Lipinski definition) is 4. The zero-order valence-corrected chi connectivity index (χ0v) is 17.5. The number of halogens is 2. The smallest absolute Gasteiger partial charge is 0.321 e. The highest BCUT2D eigenvalue weighted by atomic mass is 19.2. The maximum absolute atomic E-state index is 13.8. The Morgan fingerprint density at radius 1 is 1.03 bits per heavy atom. The second kappa shape index (κ2) is 10.2. The van der Waals surface area contributed by atoms with E-state index in [1.54, 1.807) is 35.5 Å². The van der Waals surface area contributed by atoms with Gasteiger partial charge in [0.1, 0.15) is 12.4 Å². The Bertz CT molecular complexity index is 1060. The lowest BCUT2D eigenvalue weighted by Gasteiger charge is -2.34. The fourth-order valence-corrected chi connectivity index (χ4v) is 3.56. The van der Waals surface area contributed by atoms with Gasteiger partial charge in [0.25, 0.3) is 0 Å². The highest BCUT2D eigenvalue weighted by Crippen LogP contribution is 2.19. The van der Waals surface area contributed by atoms with Crippen LogP contribution in [-0.4, -0.2) is 47.0 Å². The fraction of sp³-hybridized carbons (Fsp3) is 0.250. The minimum Gasteiger partial charge on any atom is -0.489 e.